The largest absolute Gasteiger partial charge is 0.439 e. The normalized spacial score (nSPS) is 17.9. The predicted molar refractivity (Wildman–Crippen MR) is 101 cm³/mol. The van der Waals surface area contributed by atoms with E-state index in [0.29, 0.717) is 25.5 Å². The van der Waals surface area contributed by atoms with Gasteiger partial charge in [-0.05, 0) is 5.92 Å². The summed E-state index contributed by atoms with van der Waals surface area (Å²) >= 11 is 0. The molecule has 2 aromatic rings. The molecule has 140 valence electrons. The van der Waals surface area contributed by atoms with Crippen LogP contribution in [0.3, 0.4) is 0 Å². The summed E-state index contributed by atoms with van der Waals surface area (Å²) in [5.41, 5.74) is 7.12. The Labute approximate surface area is 155 Å². The van der Waals surface area contributed by atoms with Crippen LogP contribution in [0.15, 0.2) is 40.9 Å². The maximum absolute atomic E-state index is 12.5. The molecule has 1 fully saturated rings. The summed E-state index contributed by atoms with van der Waals surface area (Å²) in [7, 11) is 0. The topological polar surface area (TPSA) is 75.6 Å². The summed E-state index contributed by atoms with van der Waals surface area (Å²) in [6.45, 7) is 7.78. The van der Waals surface area contributed by atoms with Crippen LogP contribution in [0.4, 0.5) is 0 Å². The SMILES string of the molecule is CCC(C)C(N)C(=O)N1CCN(Cc2ncc(-c3ccccc3)o2)CC1. The van der Waals surface area contributed by atoms with Crippen molar-refractivity contribution in [3.63, 3.8) is 0 Å². The fourth-order valence-corrected chi connectivity index (χ4v) is 3.15. The van der Waals surface area contributed by atoms with Crippen LogP contribution in [0.5, 0.6) is 0 Å². The van der Waals surface area contributed by atoms with Gasteiger partial charge in [0, 0.05) is 31.7 Å². The van der Waals surface area contributed by atoms with Gasteiger partial charge in [-0.1, -0.05) is 50.6 Å². The van der Waals surface area contributed by atoms with E-state index in [1.54, 1.807) is 6.20 Å². The van der Waals surface area contributed by atoms with E-state index >= 15 is 0 Å². The molecule has 0 spiro atoms. The van der Waals surface area contributed by atoms with Gasteiger partial charge in [-0.2, -0.15) is 0 Å². The summed E-state index contributed by atoms with van der Waals surface area (Å²) < 4.78 is 5.88. The molecule has 26 heavy (non-hydrogen) atoms. The first-order valence-corrected chi connectivity index (χ1v) is 9.35. The second-order valence-electron chi connectivity index (χ2n) is 7.00. The van der Waals surface area contributed by atoms with Crippen molar-refractivity contribution in [2.24, 2.45) is 11.7 Å². The van der Waals surface area contributed by atoms with E-state index in [9.17, 15) is 4.79 Å². The summed E-state index contributed by atoms with van der Waals surface area (Å²) in [5, 5.41) is 0. The number of benzene rings is 1. The van der Waals surface area contributed by atoms with Crippen molar-refractivity contribution < 1.29 is 9.21 Å². The van der Waals surface area contributed by atoms with Gasteiger partial charge in [0.05, 0.1) is 18.8 Å². The zero-order valence-electron chi connectivity index (χ0n) is 15.6. The molecule has 1 aromatic heterocycles. The highest BCUT2D eigenvalue weighted by molar-refractivity contribution is 5.82. The minimum Gasteiger partial charge on any atom is -0.439 e. The molecule has 2 heterocycles. The molecule has 1 aliphatic rings. The lowest BCUT2D eigenvalue weighted by Gasteiger charge is -2.36. The van der Waals surface area contributed by atoms with Gasteiger partial charge in [0.15, 0.2) is 5.76 Å². The van der Waals surface area contributed by atoms with Crippen LogP contribution in [0.1, 0.15) is 26.2 Å². The molecule has 0 bridgehead atoms. The number of carbonyl (C=O) groups is 1. The van der Waals surface area contributed by atoms with E-state index in [0.717, 1.165) is 30.8 Å². The van der Waals surface area contributed by atoms with Crippen LogP contribution in [0.25, 0.3) is 11.3 Å². The zero-order valence-corrected chi connectivity index (χ0v) is 15.6. The van der Waals surface area contributed by atoms with Crippen molar-refractivity contribution in [3.8, 4) is 11.3 Å². The fourth-order valence-electron chi connectivity index (χ4n) is 3.15. The summed E-state index contributed by atoms with van der Waals surface area (Å²) in [6, 6.07) is 9.57. The summed E-state index contributed by atoms with van der Waals surface area (Å²) in [6.07, 6.45) is 2.69. The number of piperazine rings is 1. The van der Waals surface area contributed by atoms with E-state index < -0.39 is 6.04 Å². The minimum absolute atomic E-state index is 0.0708. The smallest absolute Gasteiger partial charge is 0.239 e. The Hall–Kier alpha value is -2.18. The highest BCUT2D eigenvalue weighted by Gasteiger charge is 2.28. The molecule has 0 aliphatic carbocycles. The quantitative estimate of drug-likeness (QED) is 0.860. The molecule has 3 rings (SSSR count). The summed E-state index contributed by atoms with van der Waals surface area (Å²) in [4.78, 5) is 21.0. The average molecular weight is 356 g/mol. The second-order valence-corrected chi connectivity index (χ2v) is 7.00. The van der Waals surface area contributed by atoms with E-state index in [4.69, 9.17) is 10.2 Å². The molecule has 0 saturated carbocycles. The van der Waals surface area contributed by atoms with Gasteiger partial charge >= 0.3 is 0 Å². The number of amides is 1. The van der Waals surface area contributed by atoms with E-state index in [1.807, 2.05) is 42.2 Å². The van der Waals surface area contributed by atoms with Crippen molar-refractivity contribution in [1.82, 2.24) is 14.8 Å². The molecule has 6 heteroatoms. The number of aromatic nitrogens is 1. The van der Waals surface area contributed by atoms with E-state index in [1.165, 1.54) is 0 Å². The Kier molecular flexibility index (Phi) is 6.06. The molecule has 1 aromatic carbocycles. The molecule has 0 radical (unpaired) electrons. The Balaban J connectivity index is 1.52. The van der Waals surface area contributed by atoms with Crippen molar-refractivity contribution in [1.29, 1.82) is 0 Å². The minimum atomic E-state index is -0.397. The first-order chi connectivity index (χ1) is 12.6. The van der Waals surface area contributed by atoms with Crippen LogP contribution in [-0.4, -0.2) is 52.9 Å². The van der Waals surface area contributed by atoms with Gasteiger partial charge in [-0.25, -0.2) is 4.98 Å². The number of oxazole rings is 1. The van der Waals surface area contributed by atoms with E-state index in [2.05, 4.69) is 16.8 Å². The van der Waals surface area contributed by atoms with Crippen molar-refractivity contribution in [2.75, 3.05) is 26.2 Å². The maximum atomic E-state index is 12.5. The third-order valence-electron chi connectivity index (χ3n) is 5.20. The third-order valence-corrected chi connectivity index (χ3v) is 5.20. The average Bonchev–Trinajstić information content (AvgIpc) is 3.16. The van der Waals surface area contributed by atoms with Gasteiger partial charge in [0.2, 0.25) is 11.8 Å². The Morgan fingerprint density at radius 3 is 2.58 bits per heavy atom. The highest BCUT2D eigenvalue weighted by Crippen LogP contribution is 2.21. The number of carbonyl (C=O) groups excluding carboxylic acids is 1. The molecule has 1 saturated heterocycles. The maximum Gasteiger partial charge on any atom is 0.239 e. The lowest BCUT2D eigenvalue weighted by atomic mass is 9.98. The highest BCUT2D eigenvalue weighted by atomic mass is 16.4. The van der Waals surface area contributed by atoms with E-state index in [-0.39, 0.29) is 11.8 Å². The second kappa shape index (κ2) is 8.47. The number of nitrogens with zero attached hydrogens (tertiary/aromatic N) is 3. The molecule has 6 nitrogen and oxygen atoms in total. The molecule has 2 N–H and O–H groups in total. The van der Waals surface area contributed by atoms with Gasteiger partial charge < -0.3 is 15.1 Å². The number of rotatable bonds is 6. The Morgan fingerprint density at radius 2 is 1.92 bits per heavy atom. The molecule has 2 unspecified atom stereocenters. The number of hydrogen-bond donors (Lipinski definition) is 1. The summed E-state index contributed by atoms with van der Waals surface area (Å²) in [5.74, 6) is 1.78. The molecule has 2 atom stereocenters. The lowest BCUT2D eigenvalue weighted by Crippen LogP contribution is -2.54. The molecule has 1 aliphatic heterocycles. The fraction of sp³-hybridized carbons (Fsp3) is 0.500. The van der Waals surface area contributed by atoms with Crippen LogP contribution < -0.4 is 5.73 Å². The molecular weight excluding hydrogens is 328 g/mol. The Morgan fingerprint density at radius 1 is 1.23 bits per heavy atom. The lowest BCUT2D eigenvalue weighted by molar-refractivity contribution is -0.135. The number of nitrogens with two attached hydrogens (primary N) is 1. The number of hydrogen-bond acceptors (Lipinski definition) is 5. The predicted octanol–water partition coefficient (Wildman–Crippen LogP) is 2.36. The van der Waals surface area contributed by atoms with Crippen molar-refractivity contribution in [2.45, 2.75) is 32.9 Å². The standard InChI is InChI=1S/C20H28N4O2/c1-3-15(2)19(21)20(25)24-11-9-23(10-12-24)14-18-22-13-17(26-18)16-7-5-4-6-8-16/h4-8,13,15,19H,3,9-12,14,21H2,1-2H3. The van der Waals surface area contributed by atoms with Crippen LogP contribution in [0.2, 0.25) is 0 Å². The first kappa shape index (κ1) is 18.6. The van der Waals surface area contributed by atoms with Crippen LogP contribution in [-0.2, 0) is 11.3 Å². The molecular formula is C20H28N4O2. The van der Waals surface area contributed by atoms with Gasteiger partial charge in [-0.15, -0.1) is 0 Å². The monoisotopic (exact) mass is 356 g/mol. The van der Waals surface area contributed by atoms with Gasteiger partial charge in [0.1, 0.15) is 0 Å². The van der Waals surface area contributed by atoms with Crippen LogP contribution in [0, 0.1) is 5.92 Å². The van der Waals surface area contributed by atoms with Crippen molar-refractivity contribution >= 4 is 5.91 Å². The zero-order chi connectivity index (χ0) is 18.5. The third kappa shape index (κ3) is 4.31. The first-order valence-electron chi connectivity index (χ1n) is 9.35. The van der Waals surface area contributed by atoms with Gasteiger partial charge in [-0.3, -0.25) is 9.69 Å². The van der Waals surface area contributed by atoms with Gasteiger partial charge in [0.25, 0.3) is 0 Å². The molecule has 1 amide bonds. The Bertz CT molecular complexity index is 708. The van der Waals surface area contributed by atoms with Crippen molar-refractivity contribution in [3.05, 3.63) is 42.4 Å². The van der Waals surface area contributed by atoms with Crippen LogP contribution >= 0.6 is 0 Å².